The molecule has 16 heavy (non-hydrogen) atoms. The van der Waals surface area contributed by atoms with Gasteiger partial charge in [0.2, 0.25) is 0 Å². The van der Waals surface area contributed by atoms with Crippen LogP contribution in [0.5, 0.6) is 0 Å². The van der Waals surface area contributed by atoms with Crippen molar-refractivity contribution in [1.29, 1.82) is 0 Å². The van der Waals surface area contributed by atoms with E-state index in [4.69, 9.17) is 11.6 Å². The monoisotopic (exact) mass is 261 g/mol. The Balaban J connectivity index is 2.73. The molecule has 0 aliphatic heterocycles. The quantitative estimate of drug-likeness (QED) is 0.848. The fraction of sp³-hybridized carbons (Fsp3) is 0.600. The smallest absolute Gasteiger partial charge is 0.152 e. The zero-order valence-electron chi connectivity index (χ0n) is 9.82. The molecule has 2 atom stereocenters. The van der Waals surface area contributed by atoms with Crippen LogP contribution in [0.25, 0.3) is 0 Å². The second kappa shape index (κ2) is 5.31. The molecule has 1 N–H and O–H groups in total. The standard InChI is InChI=1S/C10H16ClN3OS/c1-7(14-16(15)10(2,3)4)8-9(11)13-6-5-12-8/h5-7,14H,1-4H3. The summed E-state index contributed by atoms with van der Waals surface area (Å²) in [5.41, 5.74) is 0.613. The van der Waals surface area contributed by atoms with E-state index in [0.29, 0.717) is 10.8 Å². The highest BCUT2D eigenvalue weighted by Crippen LogP contribution is 2.21. The Morgan fingerprint density at radius 3 is 2.44 bits per heavy atom. The van der Waals surface area contributed by atoms with Crippen LogP contribution >= 0.6 is 11.6 Å². The van der Waals surface area contributed by atoms with Gasteiger partial charge in [0.15, 0.2) is 5.15 Å². The van der Waals surface area contributed by atoms with Gasteiger partial charge in [0, 0.05) is 23.8 Å². The summed E-state index contributed by atoms with van der Waals surface area (Å²) in [5, 5.41) is 0.341. The molecule has 0 saturated carbocycles. The number of rotatable bonds is 3. The van der Waals surface area contributed by atoms with Crippen molar-refractivity contribution in [3.63, 3.8) is 0 Å². The summed E-state index contributed by atoms with van der Waals surface area (Å²) < 4.78 is 14.5. The van der Waals surface area contributed by atoms with Crippen LogP contribution in [0.15, 0.2) is 12.4 Å². The van der Waals surface area contributed by atoms with Crippen LogP contribution < -0.4 is 4.72 Å². The molecule has 1 rings (SSSR count). The van der Waals surface area contributed by atoms with Gasteiger partial charge in [0.05, 0.1) is 11.7 Å². The molecule has 0 radical (unpaired) electrons. The Morgan fingerprint density at radius 2 is 1.94 bits per heavy atom. The minimum Gasteiger partial charge on any atom is -0.598 e. The summed E-state index contributed by atoms with van der Waals surface area (Å²) in [6.07, 6.45) is 3.10. The summed E-state index contributed by atoms with van der Waals surface area (Å²) in [6.45, 7) is 7.57. The van der Waals surface area contributed by atoms with Crippen LogP contribution in [0.3, 0.4) is 0 Å². The van der Waals surface area contributed by atoms with Crippen molar-refractivity contribution in [2.75, 3.05) is 0 Å². The van der Waals surface area contributed by atoms with E-state index < -0.39 is 11.4 Å². The Kier molecular flexibility index (Phi) is 4.55. The molecule has 0 aliphatic carbocycles. The zero-order valence-corrected chi connectivity index (χ0v) is 11.4. The van der Waals surface area contributed by atoms with E-state index in [0.717, 1.165) is 0 Å². The van der Waals surface area contributed by atoms with Crippen LogP contribution in [0.2, 0.25) is 5.15 Å². The van der Waals surface area contributed by atoms with Gasteiger partial charge in [-0.15, -0.1) is 4.72 Å². The van der Waals surface area contributed by atoms with E-state index in [-0.39, 0.29) is 10.8 Å². The van der Waals surface area contributed by atoms with Gasteiger partial charge in [-0.2, -0.15) is 0 Å². The summed E-state index contributed by atoms with van der Waals surface area (Å²) in [7, 11) is 0. The topological polar surface area (TPSA) is 60.9 Å². The van der Waals surface area contributed by atoms with E-state index >= 15 is 0 Å². The molecule has 90 valence electrons. The molecule has 0 amide bonds. The minimum absolute atomic E-state index is 0.193. The van der Waals surface area contributed by atoms with E-state index in [1.165, 1.54) is 6.20 Å². The first-order valence-corrected chi connectivity index (χ1v) is 6.49. The normalized spacial score (nSPS) is 15.9. The highest BCUT2D eigenvalue weighted by atomic mass is 35.5. The van der Waals surface area contributed by atoms with Crippen LogP contribution in [0.1, 0.15) is 39.4 Å². The predicted molar refractivity (Wildman–Crippen MR) is 66.5 cm³/mol. The van der Waals surface area contributed by atoms with Crippen molar-refractivity contribution >= 4 is 23.0 Å². The number of aromatic nitrogens is 2. The first-order valence-electron chi connectivity index (χ1n) is 4.97. The zero-order chi connectivity index (χ0) is 12.3. The molecule has 1 aromatic rings. The second-order valence-corrected chi connectivity index (χ2v) is 6.81. The van der Waals surface area contributed by atoms with Gasteiger partial charge in [-0.05, 0) is 27.7 Å². The number of nitrogens with zero attached hydrogens (tertiary/aromatic N) is 2. The predicted octanol–water partition coefficient (Wildman–Crippen LogP) is 2.24. The van der Waals surface area contributed by atoms with Crippen LogP contribution in [0.4, 0.5) is 0 Å². The van der Waals surface area contributed by atoms with E-state index in [1.54, 1.807) is 6.20 Å². The molecule has 6 heteroatoms. The number of nitrogens with one attached hydrogen (secondary N) is 1. The maximum absolute atomic E-state index is 11.9. The summed E-state index contributed by atoms with van der Waals surface area (Å²) >= 11 is 4.75. The lowest BCUT2D eigenvalue weighted by molar-refractivity contribution is 0.528. The Labute approximate surface area is 104 Å². The van der Waals surface area contributed by atoms with Crippen LogP contribution in [0, 0.1) is 0 Å². The highest BCUT2D eigenvalue weighted by Gasteiger charge is 2.29. The first kappa shape index (κ1) is 13.7. The minimum atomic E-state index is -1.15. The van der Waals surface area contributed by atoms with Crippen molar-refractivity contribution in [1.82, 2.24) is 14.7 Å². The molecule has 0 saturated heterocycles. The average Bonchev–Trinajstić information content (AvgIpc) is 2.16. The SMILES string of the molecule is CC(N[S+]([O-])C(C)(C)C)c1nccnc1Cl. The lowest BCUT2D eigenvalue weighted by Gasteiger charge is -2.26. The van der Waals surface area contributed by atoms with Crippen molar-refractivity contribution in [3.05, 3.63) is 23.2 Å². The summed E-state index contributed by atoms with van der Waals surface area (Å²) in [6, 6.07) is -0.193. The van der Waals surface area contributed by atoms with Crippen molar-refractivity contribution in [3.8, 4) is 0 Å². The van der Waals surface area contributed by atoms with Gasteiger partial charge in [0.25, 0.3) is 0 Å². The number of hydrogen-bond donors (Lipinski definition) is 1. The van der Waals surface area contributed by atoms with Gasteiger partial charge in [-0.1, -0.05) is 11.6 Å². The van der Waals surface area contributed by atoms with E-state index in [2.05, 4.69) is 14.7 Å². The largest absolute Gasteiger partial charge is 0.598 e. The van der Waals surface area contributed by atoms with E-state index in [9.17, 15) is 4.55 Å². The van der Waals surface area contributed by atoms with Gasteiger partial charge >= 0.3 is 0 Å². The molecule has 0 bridgehead atoms. The fourth-order valence-corrected chi connectivity index (χ4v) is 2.07. The fourth-order valence-electron chi connectivity index (χ4n) is 1.02. The van der Waals surface area contributed by atoms with Gasteiger partial charge < -0.3 is 4.55 Å². The third-order valence-corrected chi connectivity index (χ3v) is 3.90. The number of halogens is 1. The van der Waals surface area contributed by atoms with E-state index in [1.807, 2.05) is 27.7 Å². The molecule has 4 nitrogen and oxygen atoms in total. The van der Waals surface area contributed by atoms with Gasteiger partial charge in [-0.3, -0.25) is 4.98 Å². The molecule has 1 heterocycles. The van der Waals surface area contributed by atoms with Crippen LogP contribution in [-0.2, 0) is 11.4 Å². The maximum atomic E-state index is 11.9. The lowest BCUT2D eigenvalue weighted by atomic mass is 10.3. The highest BCUT2D eigenvalue weighted by molar-refractivity contribution is 7.90. The summed E-state index contributed by atoms with van der Waals surface area (Å²) in [5.74, 6) is 0. The first-order chi connectivity index (χ1) is 7.32. The Bertz CT molecular complexity index is 356. The molecule has 0 aromatic carbocycles. The molecule has 0 spiro atoms. The molecule has 0 aliphatic rings. The average molecular weight is 262 g/mol. The van der Waals surface area contributed by atoms with Crippen molar-refractivity contribution in [2.24, 2.45) is 0 Å². The Hall–Kier alpha value is -0.360. The van der Waals surface area contributed by atoms with Crippen molar-refractivity contribution in [2.45, 2.75) is 38.5 Å². The van der Waals surface area contributed by atoms with Gasteiger partial charge in [-0.25, -0.2) is 4.98 Å². The maximum Gasteiger partial charge on any atom is 0.152 e. The Morgan fingerprint density at radius 1 is 1.38 bits per heavy atom. The third-order valence-electron chi connectivity index (χ3n) is 1.93. The molecular weight excluding hydrogens is 246 g/mol. The second-order valence-electron chi connectivity index (χ2n) is 4.45. The number of hydrogen-bond acceptors (Lipinski definition) is 4. The third kappa shape index (κ3) is 3.59. The molecule has 1 aromatic heterocycles. The molecule has 2 unspecified atom stereocenters. The van der Waals surface area contributed by atoms with Crippen LogP contribution in [-0.4, -0.2) is 19.3 Å². The molecular formula is C10H16ClN3OS. The molecule has 0 fully saturated rings. The van der Waals surface area contributed by atoms with Gasteiger partial charge in [0.1, 0.15) is 4.75 Å². The summed E-state index contributed by atoms with van der Waals surface area (Å²) in [4.78, 5) is 8.06. The van der Waals surface area contributed by atoms with Crippen molar-refractivity contribution < 1.29 is 4.55 Å². The lowest BCUT2D eigenvalue weighted by Crippen LogP contribution is -2.40.